The number of nitrogens with zero attached hydrogens (tertiary/aromatic N) is 1. The van der Waals surface area contributed by atoms with E-state index < -0.39 is 0 Å². The molecule has 1 heterocycles. The SMILES string of the molecule is COc1ccc(C2C(C(=O)NCCN)CCC(=O)N2C)cc1.Cl. The van der Waals surface area contributed by atoms with Crippen molar-refractivity contribution in [2.24, 2.45) is 11.7 Å². The van der Waals surface area contributed by atoms with Crippen LogP contribution < -0.4 is 15.8 Å². The molecule has 0 saturated carbocycles. The van der Waals surface area contributed by atoms with Gasteiger partial charge in [0.15, 0.2) is 0 Å². The second-order valence-corrected chi connectivity index (χ2v) is 5.45. The van der Waals surface area contributed by atoms with Gasteiger partial charge in [0.2, 0.25) is 11.8 Å². The highest BCUT2D eigenvalue weighted by Crippen LogP contribution is 2.36. The highest BCUT2D eigenvalue weighted by atomic mass is 35.5. The Morgan fingerprint density at radius 2 is 2.04 bits per heavy atom. The molecule has 7 heteroatoms. The van der Waals surface area contributed by atoms with Crippen LogP contribution in [-0.2, 0) is 9.59 Å². The molecule has 128 valence electrons. The number of hydrogen-bond donors (Lipinski definition) is 2. The van der Waals surface area contributed by atoms with Crippen molar-refractivity contribution in [3.63, 3.8) is 0 Å². The van der Waals surface area contributed by atoms with Crippen LogP contribution in [0.15, 0.2) is 24.3 Å². The van der Waals surface area contributed by atoms with Crippen LogP contribution in [0.5, 0.6) is 5.75 Å². The van der Waals surface area contributed by atoms with Crippen LogP contribution in [0, 0.1) is 5.92 Å². The number of methoxy groups -OCH3 is 1. The first-order chi connectivity index (χ1) is 10.6. The summed E-state index contributed by atoms with van der Waals surface area (Å²) in [6.07, 6.45) is 0.945. The molecule has 1 aliphatic rings. The van der Waals surface area contributed by atoms with Gasteiger partial charge in [-0.25, -0.2) is 0 Å². The van der Waals surface area contributed by atoms with Crippen LogP contribution in [0.3, 0.4) is 0 Å². The molecule has 1 saturated heterocycles. The number of nitrogens with two attached hydrogens (primary N) is 1. The van der Waals surface area contributed by atoms with Crippen LogP contribution >= 0.6 is 12.4 Å². The van der Waals surface area contributed by atoms with Crippen molar-refractivity contribution >= 4 is 24.2 Å². The third-order valence-corrected chi connectivity index (χ3v) is 4.10. The van der Waals surface area contributed by atoms with Crippen molar-refractivity contribution in [1.82, 2.24) is 10.2 Å². The molecule has 0 bridgehead atoms. The molecule has 1 fully saturated rings. The number of carbonyl (C=O) groups is 2. The minimum absolute atomic E-state index is 0. The largest absolute Gasteiger partial charge is 0.497 e. The van der Waals surface area contributed by atoms with Crippen LogP contribution in [0.1, 0.15) is 24.4 Å². The molecule has 6 nitrogen and oxygen atoms in total. The number of ether oxygens (including phenoxy) is 1. The van der Waals surface area contributed by atoms with E-state index in [1.807, 2.05) is 24.3 Å². The summed E-state index contributed by atoms with van der Waals surface area (Å²) in [5.41, 5.74) is 6.37. The second kappa shape index (κ2) is 8.74. The number of nitrogens with one attached hydrogen (secondary N) is 1. The first-order valence-corrected chi connectivity index (χ1v) is 7.46. The molecular weight excluding hydrogens is 318 g/mol. The van der Waals surface area contributed by atoms with Crippen molar-refractivity contribution in [3.05, 3.63) is 29.8 Å². The molecule has 1 aliphatic heterocycles. The van der Waals surface area contributed by atoms with E-state index >= 15 is 0 Å². The summed E-state index contributed by atoms with van der Waals surface area (Å²) in [4.78, 5) is 26.1. The number of hydrogen-bond acceptors (Lipinski definition) is 4. The van der Waals surface area contributed by atoms with Gasteiger partial charge in [0.1, 0.15) is 5.75 Å². The van der Waals surface area contributed by atoms with Gasteiger partial charge in [-0.2, -0.15) is 0 Å². The fourth-order valence-electron chi connectivity index (χ4n) is 2.90. The summed E-state index contributed by atoms with van der Waals surface area (Å²) in [6.45, 7) is 0.850. The number of benzene rings is 1. The van der Waals surface area contributed by atoms with Gasteiger partial charge in [-0.15, -0.1) is 12.4 Å². The second-order valence-electron chi connectivity index (χ2n) is 5.45. The maximum absolute atomic E-state index is 12.4. The van der Waals surface area contributed by atoms with E-state index in [1.165, 1.54) is 0 Å². The Hall–Kier alpha value is -1.79. The molecule has 23 heavy (non-hydrogen) atoms. The van der Waals surface area contributed by atoms with Gasteiger partial charge in [0.05, 0.1) is 19.1 Å². The molecular formula is C16H24ClN3O3. The molecule has 0 aromatic heterocycles. The average molecular weight is 342 g/mol. The molecule has 1 aromatic rings. The van der Waals surface area contributed by atoms with Crippen LogP contribution in [-0.4, -0.2) is 44.0 Å². The van der Waals surface area contributed by atoms with E-state index in [0.29, 0.717) is 25.9 Å². The smallest absolute Gasteiger partial charge is 0.225 e. The molecule has 2 unspecified atom stereocenters. The summed E-state index contributed by atoms with van der Waals surface area (Å²) < 4.78 is 5.16. The van der Waals surface area contributed by atoms with Crippen molar-refractivity contribution in [3.8, 4) is 5.75 Å². The third-order valence-electron chi connectivity index (χ3n) is 4.10. The van der Waals surface area contributed by atoms with E-state index in [4.69, 9.17) is 10.5 Å². The summed E-state index contributed by atoms with van der Waals surface area (Å²) in [6, 6.07) is 7.24. The maximum Gasteiger partial charge on any atom is 0.225 e. The third kappa shape index (κ3) is 4.36. The quantitative estimate of drug-likeness (QED) is 0.840. The van der Waals surface area contributed by atoms with Gasteiger partial charge < -0.3 is 20.7 Å². The van der Waals surface area contributed by atoms with E-state index in [2.05, 4.69) is 5.32 Å². The normalized spacial score (nSPS) is 20.7. The summed E-state index contributed by atoms with van der Waals surface area (Å²) in [5, 5.41) is 2.83. The van der Waals surface area contributed by atoms with Crippen molar-refractivity contribution < 1.29 is 14.3 Å². The average Bonchev–Trinajstić information content (AvgIpc) is 2.55. The Labute approximate surface area is 142 Å². The molecule has 2 rings (SSSR count). The van der Waals surface area contributed by atoms with Gasteiger partial charge in [0, 0.05) is 26.6 Å². The van der Waals surface area contributed by atoms with Gasteiger partial charge in [-0.05, 0) is 24.1 Å². The van der Waals surface area contributed by atoms with E-state index in [0.717, 1.165) is 11.3 Å². The maximum atomic E-state index is 12.4. The van der Waals surface area contributed by atoms with E-state index in [-0.39, 0.29) is 36.2 Å². The lowest BCUT2D eigenvalue weighted by atomic mass is 9.84. The van der Waals surface area contributed by atoms with Crippen LogP contribution in [0.2, 0.25) is 0 Å². The number of rotatable bonds is 5. The predicted molar refractivity (Wildman–Crippen MR) is 90.5 cm³/mol. The lowest BCUT2D eigenvalue weighted by Gasteiger charge is -2.38. The van der Waals surface area contributed by atoms with Gasteiger partial charge in [-0.3, -0.25) is 9.59 Å². The van der Waals surface area contributed by atoms with Crippen molar-refractivity contribution in [2.45, 2.75) is 18.9 Å². The van der Waals surface area contributed by atoms with Crippen molar-refractivity contribution in [2.75, 3.05) is 27.2 Å². The Morgan fingerprint density at radius 3 is 2.61 bits per heavy atom. The number of piperidine rings is 1. The Morgan fingerprint density at radius 1 is 1.39 bits per heavy atom. The molecule has 3 N–H and O–H groups in total. The highest BCUT2D eigenvalue weighted by Gasteiger charge is 2.38. The van der Waals surface area contributed by atoms with E-state index in [1.54, 1.807) is 19.1 Å². The minimum atomic E-state index is -0.261. The summed E-state index contributed by atoms with van der Waals surface area (Å²) >= 11 is 0. The molecule has 1 aromatic carbocycles. The number of carbonyl (C=O) groups excluding carboxylic acids is 2. The zero-order valence-electron chi connectivity index (χ0n) is 13.5. The number of likely N-dealkylation sites (tertiary alicyclic amines) is 1. The number of halogens is 1. The molecule has 0 radical (unpaired) electrons. The van der Waals surface area contributed by atoms with Gasteiger partial charge in [-0.1, -0.05) is 12.1 Å². The highest BCUT2D eigenvalue weighted by molar-refractivity contribution is 5.85. The molecule has 2 atom stereocenters. The standard InChI is InChI=1S/C16H23N3O3.ClH/c1-19-14(20)8-7-13(16(21)18-10-9-17)15(19)11-3-5-12(22-2)6-4-11;/h3-6,13,15H,7-10,17H2,1-2H3,(H,18,21);1H. The molecule has 0 spiro atoms. The fourth-order valence-corrected chi connectivity index (χ4v) is 2.90. The zero-order chi connectivity index (χ0) is 16.1. The van der Waals surface area contributed by atoms with E-state index in [9.17, 15) is 9.59 Å². The molecule has 2 amide bonds. The Kier molecular flexibility index (Phi) is 7.32. The number of amides is 2. The van der Waals surface area contributed by atoms with Gasteiger partial charge >= 0.3 is 0 Å². The summed E-state index contributed by atoms with van der Waals surface area (Å²) in [7, 11) is 3.36. The monoisotopic (exact) mass is 341 g/mol. The first-order valence-electron chi connectivity index (χ1n) is 7.46. The summed E-state index contributed by atoms with van der Waals surface area (Å²) in [5.74, 6) is 0.495. The Bertz CT molecular complexity index is 536. The minimum Gasteiger partial charge on any atom is -0.497 e. The fraction of sp³-hybridized carbons (Fsp3) is 0.500. The van der Waals surface area contributed by atoms with Crippen LogP contribution in [0.4, 0.5) is 0 Å². The van der Waals surface area contributed by atoms with Crippen LogP contribution in [0.25, 0.3) is 0 Å². The zero-order valence-corrected chi connectivity index (χ0v) is 14.3. The lowest BCUT2D eigenvalue weighted by Crippen LogP contribution is -2.47. The first kappa shape index (κ1) is 19.3. The van der Waals surface area contributed by atoms with Gasteiger partial charge in [0.25, 0.3) is 0 Å². The predicted octanol–water partition coefficient (Wildman–Crippen LogP) is 1.10. The topological polar surface area (TPSA) is 84.7 Å². The Balaban J connectivity index is 0.00000264. The molecule has 0 aliphatic carbocycles. The van der Waals surface area contributed by atoms with Crippen molar-refractivity contribution in [1.29, 1.82) is 0 Å². The lowest BCUT2D eigenvalue weighted by molar-refractivity contribution is -0.141.